The zero-order chi connectivity index (χ0) is 14.2. The van der Waals surface area contributed by atoms with Gasteiger partial charge in [-0.3, -0.25) is 0 Å². The summed E-state index contributed by atoms with van der Waals surface area (Å²) >= 11 is 3.13. The van der Waals surface area contributed by atoms with Crippen LogP contribution in [0.2, 0.25) is 0 Å². The summed E-state index contributed by atoms with van der Waals surface area (Å²) in [4.78, 5) is 2.05. The van der Waals surface area contributed by atoms with Gasteiger partial charge >= 0.3 is 0 Å². The van der Waals surface area contributed by atoms with Gasteiger partial charge in [0.15, 0.2) is 0 Å². The van der Waals surface area contributed by atoms with Gasteiger partial charge in [-0.05, 0) is 34.8 Å². The second-order valence-electron chi connectivity index (χ2n) is 5.49. The molecule has 1 saturated heterocycles. The third-order valence-electron chi connectivity index (χ3n) is 3.62. The molecule has 0 aromatic heterocycles. The molecule has 0 aliphatic carbocycles. The Morgan fingerprint density at radius 1 is 1.32 bits per heavy atom. The average molecular weight is 333 g/mol. The van der Waals surface area contributed by atoms with Crippen molar-refractivity contribution in [2.24, 2.45) is 5.92 Å². The van der Waals surface area contributed by atoms with Crippen LogP contribution in [0.3, 0.4) is 0 Å². The van der Waals surface area contributed by atoms with Crippen molar-refractivity contribution in [1.82, 2.24) is 5.32 Å². The fraction of sp³-hybridized carbons (Fsp3) is 0.571. The van der Waals surface area contributed by atoms with Crippen molar-refractivity contribution in [3.8, 4) is 0 Å². The van der Waals surface area contributed by atoms with Crippen molar-refractivity contribution in [3.63, 3.8) is 0 Å². The van der Waals surface area contributed by atoms with E-state index in [1.54, 1.807) is 0 Å². The minimum absolute atomic E-state index is 0.211. The van der Waals surface area contributed by atoms with Crippen molar-refractivity contribution in [3.05, 3.63) is 28.2 Å². The second-order valence-corrected chi connectivity index (χ2v) is 6.35. The number of hydrogen-bond donors (Lipinski definition) is 1. The quantitative estimate of drug-likeness (QED) is 0.833. The molecule has 0 amide bonds. The maximum atomic E-state index is 14.1. The van der Waals surface area contributed by atoms with Gasteiger partial charge in [-0.15, -0.1) is 0 Å². The largest absolute Gasteiger partial charge is 0.363 e. The lowest BCUT2D eigenvalue weighted by Gasteiger charge is -2.43. The predicted molar refractivity (Wildman–Crippen MR) is 77.5 cm³/mol. The van der Waals surface area contributed by atoms with Gasteiger partial charge in [-0.1, -0.05) is 13.8 Å². The zero-order valence-electron chi connectivity index (χ0n) is 11.4. The standard InChI is InChI=1S/C14H19BrF2N2/c1-8(2)14-6-18-9(3)7-19(14)13-4-10(15)11(16)5-12(13)17/h4-5,8-9,14,18H,6-7H2,1-3H3. The minimum Gasteiger partial charge on any atom is -0.363 e. The number of benzene rings is 1. The van der Waals surface area contributed by atoms with Crippen molar-refractivity contribution < 1.29 is 8.78 Å². The topological polar surface area (TPSA) is 15.3 Å². The first-order chi connectivity index (χ1) is 8.90. The molecule has 2 nitrogen and oxygen atoms in total. The average Bonchev–Trinajstić information content (AvgIpc) is 2.33. The van der Waals surface area contributed by atoms with Gasteiger partial charge in [0, 0.05) is 31.2 Å². The number of hydrogen-bond acceptors (Lipinski definition) is 2. The number of nitrogens with one attached hydrogen (secondary N) is 1. The van der Waals surface area contributed by atoms with E-state index in [0.29, 0.717) is 22.1 Å². The number of anilines is 1. The van der Waals surface area contributed by atoms with Crippen LogP contribution >= 0.6 is 15.9 Å². The highest BCUT2D eigenvalue weighted by Crippen LogP contribution is 2.30. The third kappa shape index (κ3) is 3.08. The van der Waals surface area contributed by atoms with Crippen molar-refractivity contribution in [2.45, 2.75) is 32.9 Å². The van der Waals surface area contributed by atoms with Gasteiger partial charge in [0.25, 0.3) is 0 Å². The smallest absolute Gasteiger partial charge is 0.149 e. The molecule has 5 heteroatoms. The van der Waals surface area contributed by atoms with Crippen LogP contribution in [-0.4, -0.2) is 25.2 Å². The molecular weight excluding hydrogens is 314 g/mol. The van der Waals surface area contributed by atoms with Gasteiger partial charge in [-0.25, -0.2) is 8.78 Å². The van der Waals surface area contributed by atoms with E-state index in [1.165, 1.54) is 6.07 Å². The van der Waals surface area contributed by atoms with Crippen LogP contribution in [0.15, 0.2) is 16.6 Å². The Hall–Kier alpha value is -0.680. The molecule has 1 fully saturated rings. The van der Waals surface area contributed by atoms with Crippen LogP contribution in [0.4, 0.5) is 14.5 Å². The Bertz CT molecular complexity index is 465. The van der Waals surface area contributed by atoms with Gasteiger partial charge in [0.2, 0.25) is 0 Å². The molecule has 19 heavy (non-hydrogen) atoms. The van der Waals surface area contributed by atoms with E-state index in [2.05, 4.69) is 42.0 Å². The monoisotopic (exact) mass is 332 g/mol. The summed E-state index contributed by atoms with van der Waals surface area (Å²) < 4.78 is 27.7. The summed E-state index contributed by atoms with van der Waals surface area (Å²) in [7, 11) is 0. The lowest BCUT2D eigenvalue weighted by molar-refractivity contribution is 0.346. The van der Waals surface area contributed by atoms with Crippen LogP contribution in [0, 0.1) is 17.6 Å². The molecule has 0 saturated carbocycles. The van der Waals surface area contributed by atoms with E-state index in [-0.39, 0.29) is 6.04 Å². The summed E-state index contributed by atoms with van der Waals surface area (Å²) in [5.41, 5.74) is 0.473. The molecule has 1 aromatic carbocycles. The van der Waals surface area contributed by atoms with Crippen molar-refractivity contribution in [2.75, 3.05) is 18.0 Å². The van der Waals surface area contributed by atoms with Gasteiger partial charge < -0.3 is 10.2 Å². The van der Waals surface area contributed by atoms with Gasteiger partial charge in [0.05, 0.1) is 10.2 Å². The third-order valence-corrected chi connectivity index (χ3v) is 4.22. The first kappa shape index (κ1) is 14.7. The number of piperazine rings is 1. The Morgan fingerprint density at radius 3 is 2.63 bits per heavy atom. The molecule has 2 unspecified atom stereocenters. The van der Waals surface area contributed by atoms with Crippen LogP contribution in [0.5, 0.6) is 0 Å². The van der Waals surface area contributed by atoms with Crippen LogP contribution in [-0.2, 0) is 0 Å². The molecular formula is C14H19BrF2N2. The molecule has 1 N–H and O–H groups in total. The van der Waals surface area contributed by atoms with Crippen molar-refractivity contribution in [1.29, 1.82) is 0 Å². The van der Waals surface area contributed by atoms with Gasteiger partial charge in [-0.2, -0.15) is 0 Å². The molecule has 0 bridgehead atoms. The molecule has 106 valence electrons. The normalized spacial score (nSPS) is 24.1. The van der Waals surface area contributed by atoms with E-state index >= 15 is 0 Å². The number of rotatable bonds is 2. The molecule has 2 rings (SSSR count). The number of nitrogens with zero attached hydrogens (tertiary/aromatic N) is 1. The summed E-state index contributed by atoms with van der Waals surface area (Å²) in [6.07, 6.45) is 0. The second kappa shape index (κ2) is 5.75. The van der Waals surface area contributed by atoms with Gasteiger partial charge in [0.1, 0.15) is 11.6 Å². The first-order valence-corrected chi connectivity index (χ1v) is 7.34. The highest BCUT2D eigenvalue weighted by molar-refractivity contribution is 9.10. The molecule has 1 aliphatic heterocycles. The van der Waals surface area contributed by atoms with Crippen LogP contribution < -0.4 is 10.2 Å². The van der Waals surface area contributed by atoms with Crippen LogP contribution in [0.25, 0.3) is 0 Å². The van der Waals surface area contributed by atoms with Crippen LogP contribution in [0.1, 0.15) is 20.8 Å². The predicted octanol–water partition coefficient (Wildman–Crippen LogP) is 3.55. The van der Waals surface area contributed by atoms with E-state index < -0.39 is 11.6 Å². The molecule has 1 aliphatic rings. The fourth-order valence-electron chi connectivity index (χ4n) is 2.53. The molecule has 1 aromatic rings. The summed E-state index contributed by atoms with van der Waals surface area (Å²) in [6, 6.07) is 2.99. The maximum absolute atomic E-state index is 14.1. The Kier molecular flexibility index (Phi) is 4.46. The lowest BCUT2D eigenvalue weighted by Crippen LogP contribution is -2.57. The van der Waals surface area contributed by atoms with E-state index in [0.717, 1.165) is 19.2 Å². The molecule has 2 atom stereocenters. The van der Waals surface area contributed by atoms with Crippen molar-refractivity contribution >= 4 is 21.6 Å². The Balaban J connectivity index is 2.38. The Labute approximate surface area is 121 Å². The van der Waals surface area contributed by atoms with E-state index in [9.17, 15) is 8.78 Å². The lowest BCUT2D eigenvalue weighted by atomic mass is 9.98. The first-order valence-electron chi connectivity index (χ1n) is 6.54. The molecule has 1 heterocycles. The number of halogens is 3. The Morgan fingerprint density at radius 2 is 2.00 bits per heavy atom. The molecule has 0 spiro atoms. The minimum atomic E-state index is -0.564. The van der Waals surface area contributed by atoms with E-state index in [1.807, 2.05) is 4.90 Å². The summed E-state index contributed by atoms with van der Waals surface area (Å²) in [6.45, 7) is 7.84. The molecule has 0 radical (unpaired) electrons. The highest BCUT2D eigenvalue weighted by atomic mass is 79.9. The zero-order valence-corrected chi connectivity index (χ0v) is 13.0. The fourth-order valence-corrected chi connectivity index (χ4v) is 2.86. The highest BCUT2D eigenvalue weighted by Gasteiger charge is 2.30. The SMILES string of the molecule is CC1CN(c2cc(Br)c(F)cc2F)C(C(C)C)CN1. The maximum Gasteiger partial charge on any atom is 0.149 e. The van der Waals surface area contributed by atoms with E-state index in [4.69, 9.17) is 0 Å². The summed E-state index contributed by atoms with van der Waals surface area (Å²) in [5, 5.41) is 3.41. The summed E-state index contributed by atoms with van der Waals surface area (Å²) in [5.74, 6) is -0.672.